The van der Waals surface area contributed by atoms with E-state index in [2.05, 4.69) is 10.3 Å². The van der Waals surface area contributed by atoms with Crippen molar-refractivity contribution >= 4 is 17.5 Å². The van der Waals surface area contributed by atoms with Gasteiger partial charge in [-0.1, -0.05) is 18.2 Å². The Balaban J connectivity index is 1.45. The molecule has 1 saturated heterocycles. The zero-order valence-corrected chi connectivity index (χ0v) is 17.1. The topological polar surface area (TPSA) is 91.8 Å². The van der Waals surface area contributed by atoms with Gasteiger partial charge in [0.25, 0.3) is 5.91 Å². The molecule has 7 nitrogen and oxygen atoms in total. The quantitative estimate of drug-likeness (QED) is 0.621. The van der Waals surface area contributed by atoms with E-state index in [1.165, 1.54) is 24.3 Å². The summed E-state index contributed by atoms with van der Waals surface area (Å²) in [5.41, 5.74) is 2.16. The maximum absolute atomic E-state index is 13.0. The Hall–Kier alpha value is -3.62. The zero-order chi connectivity index (χ0) is 22.5. The van der Waals surface area contributed by atoms with Crippen LogP contribution >= 0.6 is 0 Å². The number of halogens is 1. The molecule has 0 aliphatic carbocycles. The van der Waals surface area contributed by atoms with Crippen molar-refractivity contribution in [2.24, 2.45) is 0 Å². The lowest BCUT2D eigenvalue weighted by atomic mass is 9.99. The number of benzene rings is 2. The lowest BCUT2D eigenvalue weighted by Gasteiger charge is -2.38. The molecule has 2 atom stereocenters. The van der Waals surface area contributed by atoms with Gasteiger partial charge in [-0.15, -0.1) is 0 Å². The van der Waals surface area contributed by atoms with Gasteiger partial charge in [-0.3, -0.25) is 14.6 Å². The number of ether oxygens (including phenoxy) is 1. The van der Waals surface area contributed by atoms with Gasteiger partial charge in [0.05, 0.1) is 24.9 Å². The molecular weight excluding hydrogens is 413 g/mol. The van der Waals surface area contributed by atoms with E-state index in [0.29, 0.717) is 16.8 Å². The minimum atomic E-state index is -0.982. The van der Waals surface area contributed by atoms with E-state index in [1.807, 2.05) is 12.1 Å². The fourth-order valence-corrected chi connectivity index (χ4v) is 3.55. The molecule has 0 radical (unpaired) electrons. The van der Waals surface area contributed by atoms with Crippen LogP contribution in [-0.4, -0.2) is 46.1 Å². The van der Waals surface area contributed by atoms with Crippen LogP contribution in [0.5, 0.6) is 0 Å². The first kappa shape index (κ1) is 21.6. The van der Waals surface area contributed by atoms with E-state index in [1.54, 1.807) is 41.4 Å². The van der Waals surface area contributed by atoms with E-state index in [0.717, 1.165) is 5.69 Å². The summed E-state index contributed by atoms with van der Waals surface area (Å²) < 4.78 is 18.4. The Morgan fingerprint density at radius 1 is 1.16 bits per heavy atom. The fourth-order valence-electron chi connectivity index (χ4n) is 3.55. The SMILES string of the molecule is O=C(Nc1ccc([C@@H](O)[C@H]2COCC(=O)N2Cc2ccccn2)cc1)c1ccc(F)cc1. The molecule has 2 N–H and O–H groups in total. The average Bonchev–Trinajstić information content (AvgIpc) is 2.81. The molecule has 32 heavy (non-hydrogen) atoms. The molecule has 1 fully saturated rings. The maximum Gasteiger partial charge on any atom is 0.255 e. The van der Waals surface area contributed by atoms with Crippen molar-refractivity contribution in [3.05, 3.63) is 95.6 Å². The smallest absolute Gasteiger partial charge is 0.255 e. The summed E-state index contributed by atoms with van der Waals surface area (Å²) in [6, 6.07) is 16.8. The van der Waals surface area contributed by atoms with Crippen LogP contribution in [0.25, 0.3) is 0 Å². The van der Waals surface area contributed by atoms with Crippen molar-refractivity contribution in [2.75, 3.05) is 18.5 Å². The maximum atomic E-state index is 13.0. The van der Waals surface area contributed by atoms with Crippen molar-refractivity contribution in [2.45, 2.75) is 18.7 Å². The number of hydrogen-bond acceptors (Lipinski definition) is 5. The normalized spacial score (nSPS) is 17.1. The van der Waals surface area contributed by atoms with Gasteiger partial charge in [-0.25, -0.2) is 4.39 Å². The molecule has 164 valence electrons. The lowest BCUT2D eigenvalue weighted by molar-refractivity contribution is -0.155. The highest BCUT2D eigenvalue weighted by Gasteiger charge is 2.34. The first-order chi connectivity index (χ1) is 15.5. The highest BCUT2D eigenvalue weighted by molar-refractivity contribution is 6.04. The average molecular weight is 435 g/mol. The standard InChI is InChI=1S/C24H22FN3O4/c25-18-8-4-17(5-9-18)24(31)27-19-10-6-16(7-11-19)23(30)21-14-32-15-22(29)28(21)13-20-3-1-2-12-26-20/h1-12,21,23,30H,13-15H2,(H,27,31)/t21-,23-/m1/s1. The monoisotopic (exact) mass is 435 g/mol. The third kappa shape index (κ3) is 4.99. The third-order valence-corrected chi connectivity index (χ3v) is 5.27. The molecule has 3 aromatic rings. The second-order valence-corrected chi connectivity index (χ2v) is 7.45. The number of rotatable bonds is 6. The van der Waals surface area contributed by atoms with Crippen molar-refractivity contribution < 1.29 is 23.8 Å². The predicted octanol–water partition coefficient (Wildman–Crippen LogP) is 2.93. The number of hydrogen-bond donors (Lipinski definition) is 2. The van der Waals surface area contributed by atoms with E-state index in [-0.39, 0.29) is 31.6 Å². The second-order valence-electron chi connectivity index (χ2n) is 7.45. The van der Waals surface area contributed by atoms with Crippen LogP contribution in [0.1, 0.15) is 27.7 Å². The van der Waals surface area contributed by atoms with Gasteiger partial charge >= 0.3 is 0 Å². The lowest BCUT2D eigenvalue weighted by Crippen LogP contribution is -2.51. The molecular formula is C24H22FN3O4. The minimum absolute atomic E-state index is 0.0373. The summed E-state index contributed by atoms with van der Waals surface area (Å²) >= 11 is 0. The molecule has 0 unspecified atom stereocenters. The number of morpholine rings is 1. The van der Waals surface area contributed by atoms with Crippen LogP contribution < -0.4 is 5.32 Å². The number of aliphatic hydroxyl groups is 1. The Bertz CT molecular complexity index is 1070. The van der Waals surface area contributed by atoms with E-state index < -0.39 is 18.0 Å². The Labute approximate surface area is 184 Å². The predicted molar refractivity (Wildman–Crippen MR) is 115 cm³/mol. The van der Waals surface area contributed by atoms with Crippen molar-refractivity contribution in [1.82, 2.24) is 9.88 Å². The molecule has 2 aromatic carbocycles. The molecule has 1 aromatic heterocycles. The Kier molecular flexibility index (Phi) is 6.53. The number of amides is 2. The number of aromatic nitrogens is 1. The van der Waals surface area contributed by atoms with Crippen molar-refractivity contribution in [1.29, 1.82) is 0 Å². The van der Waals surface area contributed by atoms with Gasteiger partial charge in [0.1, 0.15) is 18.5 Å². The van der Waals surface area contributed by atoms with Crippen LogP contribution in [0.4, 0.5) is 10.1 Å². The number of aliphatic hydroxyl groups excluding tert-OH is 1. The first-order valence-corrected chi connectivity index (χ1v) is 10.1. The summed E-state index contributed by atoms with van der Waals surface area (Å²) in [5, 5.41) is 13.7. The van der Waals surface area contributed by atoms with Crippen LogP contribution in [0.15, 0.2) is 72.9 Å². The minimum Gasteiger partial charge on any atom is -0.386 e. The zero-order valence-electron chi connectivity index (χ0n) is 17.1. The third-order valence-electron chi connectivity index (χ3n) is 5.27. The van der Waals surface area contributed by atoms with Crippen LogP contribution in [0.3, 0.4) is 0 Å². The summed E-state index contributed by atoms with van der Waals surface area (Å²) in [6.07, 6.45) is 0.676. The summed E-state index contributed by atoms with van der Waals surface area (Å²) in [5.74, 6) is -0.998. The molecule has 2 amide bonds. The number of anilines is 1. The van der Waals surface area contributed by atoms with E-state index in [4.69, 9.17) is 4.74 Å². The van der Waals surface area contributed by atoms with E-state index in [9.17, 15) is 19.1 Å². The molecule has 1 aliphatic heterocycles. The van der Waals surface area contributed by atoms with Gasteiger partial charge in [0, 0.05) is 17.4 Å². The molecule has 0 spiro atoms. The second kappa shape index (κ2) is 9.67. The van der Waals surface area contributed by atoms with Crippen molar-refractivity contribution in [3.8, 4) is 0 Å². The van der Waals surface area contributed by atoms with E-state index >= 15 is 0 Å². The summed E-state index contributed by atoms with van der Waals surface area (Å²) in [6.45, 7) is 0.434. The van der Waals surface area contributed by atoms with Gasteiger partial charge in [-0.05, 0) is 54.1 Å². The van der Waals surface area contributed by atoms with Gasteiger partial charge < -0.3 is 20.1 Å². The fraction of sp³-hybridized carbons (Fsp3) is 0.208. The number of nitrogens with zero attached hydrogens (tertiary/aromatic N) is 2. The van der Waals surface area contributed by atoms with Crippen molar-refractivity contribution in [3.63, 3.8) is 0 Å². The highest BCUT2D eigenvalue weighted by Crippen LogP contribution is 2.26. The van der Waals surface area contributed by atoms with Gasteiger partial charge in [0.2, 0.25) is 5.91 Å². The molecule has 1 aliphatic rings. The molecule has 0 bridgehead atoms. The molecule has 4 rings (SSSR count). The summed E-state index contributed by atoms with van der Waals surface area (Å²) in [7, 11) is 0. The van der Waals surface area contributed by atoms with Gasteiger partial charge in [0.15, 0.2) is 0 Å². The largest absolute Gasteiger partial charge is 0.386 e. The summed E-state index contributed by atoms with van der Waals surface area (Å²) in [4.78, 5) is 30.6. The van der Waals surface area contributed by atoms with Crippen LogP contribution in [-0.2, 0) is 16.1 Å². The van der Waals surface area contributed by atoms with Crippen LogP contribution in [0, 0.1) is 5.82 Å². The number of pyridine rings is 1. The molecule has 8 heteroatoms. The molecule has 0 saturated carbocycles. The number of nitrogens with one attached hydrogen (secondary N) is 1. The first-order valence-electron chi connectivity index (χ1n) is 10.1. The molecule has 2 heterocycles. The Morgan fingerprint density at radius 2 is 1.91 bits per heavy atom. The van der Waals surface area contributed by atoms with Gasteiger partial charge in [-0.2, -0.15) is 0 Å². The van der Waals surface area contributed by atoms with Crippen LogP contribution in [0.2, 0.25) is 0 Å². The Morgan fingerprint density at radius 3 is 2.59 bits per heavy atom. The number of carbonyl (C=O) groups excluding carboxylic acids is 2. The number of carbonyl (C=O) groups is 2. The highest BCUT2D eigenvalue weighted by atomic mass is 19.1.